The van der Waals surface area contributed by atoms with Crippen LogP contribution in [0.3, 0.4) is 0 Å². The monoisotopic (exact) mass is 320 g/mol. The van der Waals surface area contributed by atoms with Gasteiger partial charge in [-0.25, -0.2) is 0 Å². The van der Waals surface area contributed by atoms with Crippen molar-refractivity contribution in [3.05, 3.63) is 35.9 Å². The lowest BCUT2D eigenvalue weighted by atomic mass is 10.0. The lowest BCUT2D eigenvalue weighted by Crippen LogP contribution is -2.12. The summed E-state index contributed by atoms with van der Waals surface area (Å²) in [7, 11) is 0. The fourth-order valence-corrected chi connectivity index (χ4v) is 4.00. The van der Waals surface area contributed by atoms with E-state index in [2.05, 4.69) is 62.9 Å². The van der Waals surface area contributed by atoms with E-state index in [1.54, 1.807) is 0 Å². The van der Waals surface area contributed by atoms with Gasteiger partial charge in [0.05, 0.1) is 0 Å². The molecule has 0 fully saturated rings. The van der Waals surface area contributed by atoms with Crippen LogP contribution in [-0.4, -0.2) is 5.75 Å². The molecule has 0 bridgehead atoms. The first kappa shape index (κ1) is 19.6. The molecule has 0 aliphatic carbocycles. The van der Waals surface area contributed by atoms with Gasteiger partial charge in [-0.2, -0.15) is 11.8 Å². The third kappa shape index (κ3) is 8.88. The second kappa shape index (κ2) is 12.0. The van der Waals surface area contributed by atoms with Gasteiger partial charge in [0.2, 0.25) is 0 Å². The van der Waals surface area contributed by atoms with E-state index < -0.39 is 0 Å². The highest BCUT2D eigenvalue weighted by Crippen LogP contribution is 2.35. The SMILES string of the molecule is CCCCCCCCCCCCSC(C)(C)c1ccccc1. The molecule has 126 valence electrons. The lowest BCUT2D eigenvalue weighted by Gasteiger charge is -2.24. The van der Waals surface area contributed by atoms with E-state index in [9.17, 15) is 0 Å². The van der Waals surface area contributed by atoms with Crippen LogP contribution < -0.4 is 0 Å². The van der Waals surface area contributed by atoms with E-state index in [-0.39, 0.29) is 4.75 Å². The van der Waals surface area contributed by atoms with E-state index in [4.69, 9.17) is 0 Å². The Morgan fingerprint density at radius 1 is 0.727 bits per heavy atom. The van der Waals surface area contributed by atoms with Crippen molar-refractivity contribution < 1.29 is 0 Å². The maximum atomic E-state index is 2.35. The molecular formula is C21H36S. The molecule has 0 heterocycles. The Bertz CT molecular complexity index is 355. The van der Waals surface area contributed by atoms with Crippen molar-refractivity contribution in [2.24, 2.45) is 0 Å². The zero-order valence-corrected chi connectivity index (χ0v) is 15.9. The molecule has 0 aliphatic heterocycles. The van der Waals surface area contributed by atoms with Crippen molar-refractivity contribution in [2.75, 3.05) is 5.75 Å². The van der Waals surface area contributed by atoms with Crippen molar-refractivity contribution in [3.8, 4) is 0 Å². The Kier molecular flexibility index (Phi) is 10.7. The minimum atomic E-state index is 0.251. The van der Waals surface area contributed by atoms with Crippen LogP contribution in [0.4, 0.5) is 0 Å². The smallest absolute Gasteiger partial charge is 0.0352 e. The Morgan fingerprint density at radius 2 is 1.23 bits per heavy atom. The summed E-state index contributed by atoms with van der Waals surface area (Å²) in [4.78, 5) is 0. The second-order valence-corrected chi connectivity index (χ2v) is 8.62. The average molecular weight is 321 g/mol. The molecule has 1 aromatic carbocycles. The van der Waals surface area contributed by atoms with Gasteiger partial charge in [0.1, 0.15) is 0 Å². The van der Waals surface area contributed by atoms with Crippen LogP contribution in [0.2, 0.25) is 0 Å². The predicted octanol–water partition coefficient (Wildman–Crippen LogP) is 7.58. The highest BCUT2D eigenvalue weighted by molar-refractivity contribution is 8.00. The first-order chi connectivity index (χ1) is 10.7. The largest absolute Gasteiger partial charge is 0.151 e. The van der Waals surface area contributed by atoms with Crippen LogP contribution in [0.25, 0.3) is 0 Å². The van der Waals surface area contributed by atoms with Gasteiger partial charge in [0.15, 0.2) is 0 Å². The highest BCUT2D eigenvalue weighted by atomic mass is 32.2. The van der Waals surface area contributed by atoms with Gasteiger partial charge in [-0.1, -0.05) is 95.0 Å². The number of hydrogen-bond acceptors (Lipinski definition) is 1. The molecule has 0 saturated heterocycles. The van der Waals surface area contributed by atoms with Gasteiger partial charge in [-0.05, 0) is 31.6 Å². The molecule has 0 amide bonds. The van der Waals surface area contributed by atoms with Crippen LogP contribution in [0.5, 0.6) is 0 Å². The van der Waals surface area contributed by atoms with E-state index in [1.807, 2.05) is 0 Å². The Morgan fingerprint density at radius 3 is 1.77 bits per heavy atom. The summed E-state index contributed by atoms with van der Waals surface area (Å²) in [6.45, 7) is 6.99. The zero-order valence-electron chi connectivity index (χ0n) is 15.1. The van der Waals surface area contributed by atoms with E-state index >= 15 is 0 Å². The molecule has 0 N–H and O–H groups in total. The number of hydrogen-bond donors (Lipinski definition) is 0. The summed E-state index contributed by atoms with van der Waals surface area (Å²) in [6.07, 6.45) is 14.2. The van der Waals surface area contributed by atoms with Crippen LogP contribution in [-0.2, 0) is 4.75 Å². The molecule has 1 aromatic rings. The van der Waals surface area contributed by atoms with Gasteiger partial charge in [0, 0.05) is 4.75 Å². The summed E-state index contributed by atoms with van der Waals surface area (Å²) in [5.74, 6) is 1.29. The Balaban J connectivity index is 1.97. The third-order valence-electron chi connectivity index (χ3n) is 4.43. The van der Waals surface area contributed by atoms with Crippen molar-refractivity contribution in [1.29, 1.82) is 0 Å². The summed E-state index contributed by atoms with van der Waals surface area (Å²) in [5, 5.41) is 0. The van der Waals surface area contributed by atoms with Crippen molar-refractivity contribution in [1.82, 2.24) is 0 Å². The number of thioether (sulfide) groups is 1. The number of rotatable bonds is 13. The topological polar surface area (TPSA) is 0 Å². The van der Waals surface area contributed by atoms with Gasteiger partial charge in [-0.15, -0.1) is 0 Å². The van der Waals surface area contributed by atoms with Crippen molar-refractivity contribution >= 4 is 11.8 Å². The first-order valence-corrected chi connectivity index (χ1v) is 10.3. The number of benzene rings is 1. The molecular weight excluding hydrogens is 284 g/mol. The van der Waals surface area contributed by atoms with Gasteiger partial charge < -0.3 is 0 Å². The Labute approximate surface area is 143 Å². The van der Waals surface area contributed by atoms with Crippen LogP contribution in [0.1, 0.15) is 90.5 Å². The van der Waals surface area contributed by atoms with Crippen molar-refractivity contribution in [3.63, 3.8) is 0 Å². The second-order valence-electron chi connectivity index (χ2n) is 6.91. The Hall–Kier alpha value is -0.430. The molecule has 1 rings (SSSR count). The molecule has 0 aliphatic rings. The van der Waals surface area contributed by atoms with E-state index in [0.717, 1.165) is 0 Å². The van der Waals surface area contributed by atoms with Gasteiger partial charge in [-0.3, -0.25) is 0 Å². The highest BCUT2D eigenvalue weighted by Gasteiger charge is 2.19. The molecule has 0 saturated carbocycles. The molecule has 0 radical (unpaired) electrons. The van der Waals surface area contributed by atoms with E-state index in [1.165, 1.54) is 75.5 Å². The minimum absolute atomic E-state index is 0.251. The summed E-state index contributed by atoms with van der Waals surface area (Å²) in [6, 6.07) is 10.9. The van der Waals surface area contributed by atoms with Gasteiger partial charge in [0.25, 0.3) is 0 Å². The molecule has 0 unspecified atom stereocenters. The quantitative estimate of drug-likeness (QED) is 0.338. The molecule has 1 heteroatoms. The third-order valence-corrected chi connectivity index (χ3v) is 5.88. The summed E-state index contributed by atoms with van der Waals surface area (Å²) < 4.78 is 0.251. The van der Waals surface area contributed by atoms with E-state index in [0.29, 0.717) is 0 Å². The summed E-state index contributed by atoms with van der Waals surface area (Å²) >= 11 is 2.11. The lowest BCUT2D eigenvalue weighted by molar-refractivity contribution is 0.563. The average Bonchev–Trinajstić information content (AvgIpc) is 2.53. The van der Waals surface area contributed by atoms with Crippen LogP contribution >= 0.6 is 11.8 Å². The zero-order chi connectivity index (χ0) is 16.1. The summed E-state index contributed by atoms with van der Waals surface area (Å²) in [5.41, 5.74) is 1.45. The molecule has 0 aromatic heterocycles. The number of unbranched alkanes of at least 4 members (excludes halogenated alkanes) is 9. The maximum Gasteiger partial charge on any atom is 0.0352 e. The molecule has 0 spiro atoms. The predicted molar refractivity (Wildman–Crippen MR) is 104 cm³/mol. The molecule has 0 nitrogen and oxygen atoms in total. The molecule has 22 heavy (non-hydrogen) atoms. The maximum absolute atomic E-state index is 2.35. The molecule has 0 atom stereocenters. The minimum Gasteiger partial charge on any atom is -0.151 e. The van der Waals surface area contributed by atoms with Crippen LogP contribution in [0.15, 0.2) is 30.3 Å². The van der Waals surface area contributed by atoms with Crippen molar-refractivity contribution in [2.45, 2.75) is 89.7 Å². The normalized spacial score (nSPS) is 11.8. The standard InChI is InChI=1S/C21H36S/c1-4-5-6-7-8-9-10-11-12-16-19-22-21(2,3)20-17-14-13-15-18-20/h13-15,17-18H,4-12,16,19H2,1-3H3. The fraction of sp³-hybridized carbons (Fsp3) is 0.714. The van der Waals surface area contributed by atoms with Gasteiger partial charge >= 0.3 is 0 Å². The first-order valence-electron chi connectivity index (χ1n) is 9.36. The fourth-order valence-electron chi connectivity index (χ4n) is 2.84. The van der Waals surface area contributed by atoms with Crippen LogP contribution in [0, 0.1) is 0 Å².